The summed E-state index contributed by atoms with van der Waals surface area (Å²) in [4.78, 5) is 34.4. The fourth-order valence-corrected chi connectivity index (χ4v) is 2.34. The Hall–Kier alpha value is -2.69. The normalized spacial score (nSPS) is 16.1. The molecule has 1 aliphatic heterocycles. The lowest BCUT2D eigenvalue weighted by Gasteiger charge is -2.20. The Morgan fingerprint density at radius 3 is 2.20 bits per heavy atom. The molecule has 1 saturated heterocycles. The predicted octanol–water partition coefficient (Wildman–Crippen LogP) is 1.36. The van der Waals surface area contributed by atoms with Crippen molar-refractivity contribution < 1.29 is 14.4 Å². The number of fused-ring (bicyclic) bond motifs is 1. The highest BCUT2D eigenvalue weighted by atomic mass is 16.2. The van der Waals surface area contributed by atoms with Crippen molar-refractivity contribution in [3.05, 3.63) is 48.0 Å². The summed E-state index contributed by atoms with van der Waals surface area (Å²) >= 11 is 0. The topological polar surface area (TPSA) is 75.3 Å². The van der Waals surface area contributed by atoms with Crippen LogP contribution in [-0.4, -0.2) is 17.8 Å². The van der Waals surface area contributed by atoms with Gasteiger partial charge in [0.2, 0.25) is 11.8 Å². The molecule has 0 bridgehead atoms. The van der Waals surface area contributed by atoms with E-state index in [0.717, 1.165) is 16.3 Å². The number of hydrogen-bond acceptors (Lipinski definition) is 3. The Balaban J connectivity index is 1.87. The molecular formula is C15H12N2O3. The van der Waals surface area contributed by atoms with E-state index in [1.165, 1.54) is 0 Å². The first-order valence-electron chi connectivity index (χ1n) is 6.27. The molecule has 0 saturated carbocycles. The van der Waals surface area contributed by atoms with Crippen LogP contribution in [0.3, 0.4) is 0 Å². The minimum Gasteiger partial charge on any atom is -0.277 e. The Kier molecular flexibility index (Phi) is 2.95. The summed E-state index contributed by atoms with van der Waals surface area (Å²) in [5, 5.41) is 6.37. The van der Waals surface area contributed by atoms with Crippen LogP contribution in [0.25, 0.3) is 10.8 Å². The molecular weight excluding hydrogens is 256 g/mol. The first kappa shape index (κ1) is 12.3. The van der Waals surface area contributed by atoms with Gasteiger partial charge in [-0.1, -0.05) is 42.5 Å². The lowest BCUT2D eigenvalue weighted by molar-refractivity contribution is -0.135. The molecule has 3 rings (SSSR count). The molecule has 1 heterocycles. The summed E-state index contributed by atoms with van der Waals surface area (Å²) in [6.45, 7) is 0. The predicted molar refractivity (Wildman–Crippen MR) is 72.8 cm³/mol. The number of urea groups is 1. The van der Waals surface area contributed by atoms with Crippen LogP contribution in [0, 0.1) is 5.92 Å². The molecule has 2 aromatic rings. The van der Waals surface area contributed by atoms with E-state index in [-0.39, 0.29) is 6.42 Å². The van der Waals surface area contributed by atoms with Gasteiger partial charge >= 0.3 is 6.03 Å². The number of barbiturate groups is 1. The van der Waals surface area contributed by atoms with Crippen LogP contribution in [0.4, 0.5) is 4.79 Å². The van der Waals surface area contributed by atoms with Gasteiger partial charge in [-0.15, -0.1) is 0 Å². The summed E-state index contributed by atoms with van der Waals surface area (Å²) in [7, 11) is 0. The smallest absolute Gasteiger partial charge is 0.277 e. The SMILES string of the molecule is O=C1NC(=O)C(Cc2ccc3ccccc3c2)C(=O)N1. The second-order valence-electron chi connectivity index (χ2n) is 4.75. The highest BCUT2D eigenvalue weighted by molar-refractivity contribution is 6.16. The Morgan fingerprint density at radius 1 is 0.850 bits per heavy atom. The number of carbonyl (C=O) groups excluding carboxylic acids is 3. The van der Waals surface area contributed by atoms with Crippen molar-refractivity contribution in [1.29, 1.82) is 0 Å². The molecule has 1 fully saturated rings. The molecule has 0 atom stereocenters. The van der Waals surface area contributed by atoms with E-state index in [4.69, 9.17) is 0 Å². The summed E-state index contributed by atoms with van der Waals surface area (Å²) in [5.41, 5.74) is 0.883. The van der Waals surface area contributed by atoms with Crippen LogP contribution < -0.4 is 10.6 Å². The van der Waals surface area contributed by atoms with Gasteiger partial charge in [-0.2, -0.15) is 0 Å². The molecule has 0 spiro atoms. The fourth-order valence-electron chi connectivity index (χ4n) is 2.34. The van der Waals surface area contributed by atoms with Crippen molar-refractivity contribution in [2.45, 2.75) is 6.42 Å². The number of amides is 4. The van der Waals surface area contributed by atoms with E-state index < -0.39 is 23.8 Å². The van der Waals surface area contributed by atoms with Crippen LogP contribution >= 0.6 is 0 Å². The zero-order valence-corrected chi connectivity index (χ0v) is 10.6. The fraction of sp³-hybridized carbons (Fsp3) is 0.133. The molecule has 1 aliphatic rings. The second kappa shape index (κ2) is 4.77. The summed E-state index contributed by atoms with van der Waals surface area (Å²) in [6.07, 6.45) is 0.274. The van der Waals surface area contributed by atoms with Crippen molar-refractivity contribution in [2.75, 3.05) is 0 Å². The Labute approximate surface area is 115 Å². The number of benzene rings is 2. The summed E-state index contributed by atoms with van der Waals surface area (Å²) in [6, 6.07) is 12.9. The van der Waals surface area contributed by atoms with Crippen molar-refractivity contribution in [3.8, 4) is 0 Å². The molecule has 0 aromatic heterocycles. The average molecular weight is 268 g/mol. The zero-order valence-electron chi connectivity index (χ0n) is 10.6. The van der Waals surface area contributed by atoms with E-state index in [0.29, 0.717) is 0 Å². The summed E-state index contributed by atoms with van der Waals surface area (Å²) in [5.74, 6) is -1.97. The molecule has 2 aromatic carbocycles. The van der Waals surface area contributed by atoms with Gasteiger partial charge in [0.15, 0.2) is 0 Å². The number of rotatable bonds is 2. The molecule has 4 amide bonds. The van der Waals surface area contributed by atoms with Crippen LogP contribution in [-0.2, 0) is 16.0 Å². The first-order valence-corrected chi connectivity index (χ1v) is 6.27. The van der Waals surface area contributed by atoms with Gasteiger partial charge in [-0.3, -0.25) is 20.2 Å². The van der Waals surface area contributed by atoms with Gasteiger partial charge in [0.1, 0.15) is 5.92 Å². The molecule has 0 aliphatic carbocycles. The van der Waals surface area contributed by atoms with Crippen molar-refractivity contribution >= 4 is 28.6 Å². The van der Waals surface area contributed by atoms with E-state index in [9.17, 15) is 14.4 Å². The monoisotopic (exact) mass is 268 g/mol. The molecule has 100 valence electrons. The third-order valence-corrected chi connectivity index (χ3v) is 3.36. The van der Waals surface area contributed by atoms with Gasteiger partial charge in [0.25, 0.3) is 0 Å². The van der Waals surface area contributed by atoms with Crippen molar-refractivity contribution in [1.82, 2.24) is 10.6 Å². The Bertz CT molecular complexity index is 704. The number of nitrogens with one attached hydrogen (secondary N) is 2. The van der Waals surface area contributed by atoms with Crippen LogP contribution in [0.2, 0.25) is 0 Å². The third kappa shape index (κ3) is 2.25. The number of carbonyl (C=O) groups is 3. The molecule has 5 nitrogen and oxygen atoms in total. The molecule has 20 heavy (non-hydrogen) atoms. The van der Waals surface area contributed by atoms with Gasteiger partial charge in [-0.25, -0.2) is 4.79 Å². The second-order valence-corrected chi connectivity index (χ2v) is 4.75. The average Bonchev–Trinajstić information content (AvgIpc) is 2.42. The third-order valence-electron chi connectivity index (χ3n) is 3.36. The maximum absolute atomic E-state index is 11.7. The van der Waals surface area contributed by atoms with Gasteiger partial charge in [0, 0.05) is 0 Å². The highest BCUT2D eigenvalue weighted by Crippen LogP contribution is 2.19. The lowest BCUT2D eigenvalue weighted by atomic mass is 9.95. The minimum absolute atomic E-state index is 0.274. The lowest BCUT2D eigenvalue weighted by Crippen LogP contribution is -2.56. The van der Waals surface area contributed by atoms with E-state index in [1.807, 2.05) is 42.5 Å². The summed E-state index contributed by atoms with van der Waals surface area (Å²) < 4.78 is 0. The van der Waals surface area contributed by atoms with Crippen LogP contribution in [0.1, 0.15) is 5.56 Å². The molecule has 2 N–H and O–H groups in total. The minimum atomic E-state index is -0.867. The van der Waals surface area contributed by atoms with E-state index >= 15 is 0 Å². The maximum Gasteiger partial charge on any atom is 0.328 e. The Morgan fingerprint density at radius 2 is 1.50 bits per heavy atom. The van der Waals surface area contributed by atoms with Crippen LogP contribution in [0.15, 0.2) is 42.5 Å². The molecule has 0 radical (unpaired) electrons. The number of imide groups is 2. The van der Waals surface area contributed by atoms with Gasteiger partial charge < -0.3 is 0 Å². The van der Waals surface area contributed by atoms with E-state index in [2.05, 4.69) is 10.6 Å². The molecule has 0 unspecified atom stereocenters. The first-order chi connectivity index (χ1) is 9.63. The van der Waals surface area contributed by atoms with Crippen molar-refractivity contribution in [2.24, 2.45) is 5.92 Å². The van der Waals surface area contributed by atoms with Gasteiger partial charge in [-0.05, 0) is 22.8 Å². The zero-order chi connectivity index (χ0) is 14.1. The maximum atomic E-state index is 11.7. The largest absolute Gasteiger partial charge is 0.328 e. The molecule has 5 heteroatoms. The standard InChI is InChI=1S/C15H12N2O3/c18-13-12(14(19)17-15(20)16-13)8-9-5-6-10-3-1-2-4-11(10)7-9/h1-7,12H,8H2,(H2,16,17,18,19,20). The number of hydrogen-bond donors (Lipinski definition) is 2. The van der Waals surface area contributed by atoms with Gasteiger partial charge in [0.05, 0.1) is 0 Å². The highest BCUT2D eigenvalue weighted by Gasteiger charge is 2.33. The quantitative estimate of drug-likeness (QED) is 0.808. The van der Waals surface area contributed by atoms with Crippen LogP contribution in [0.5, 0.6) is 0 Å². The van der Waals surface area contributed by atoms with Crippen molar-refractivity contribution in [3.63, 3.8) is 0 Å². The van der Waals surface area contributed by atoms with E-state index in [1.54, 1.807) is 0 Å².